The molecule has 4 heteroatoms. The highest BCUT2D eigenvalue weighted by Gasteiger charge is 2.36. The molecule has 2 N–H and O–H groups in total. The predicted octanol–water partition coefficient (Wildman–Crippen LogP) is 1.86. The fourth-order valence-corrected chi connectivity index (χ4v) is 2.23. The fraction of sp³-hybridized carbons (Fsp3) is 0.636. The molecule has 0 aromatic carbocycles. The first-order valence-electron chi connectivity index (χ1n) is 5.41. The molecule has 1 saturated carbocycles. The molecule has 0 atom stereocenters. The molecule has 4 nitrogen and oxygen atoms in total. The van der Waals surface area contributed by atoms with E-state index >= 15 is 0 Å². The van der Waals surface area contributed by atoms with Gasteiger partial charge in [0.1, 0.15) is 11.4 Å². The van der Waals surface area contributed by atoms with Gasteiger partial charge in [-0.1, -0.05) is 19.3 Å². The Hall–Kier alpha value is -1.16. The summed E-state index contributed by atoms with van der Waals surface area (Å²) in [7, 11) is 1.73. The number of rotatable bonds is 2. The molecule has 82 valence electrons. The molecule has 0 saturated heterocycles. The Morgan fingerprint density at radius 2 is 2.07 bits per heavy atom. The summed E-state index contributed by atoms with van der Waals surface area (Å²) in [5, 5.41) is 0. The average molecular weight is 207 g/mol. The van der Waals surface area contributed by atoms with Crippen LogP contribution in [-0.2, 0) is 10.3 Å². The van der Waals surface area contributed by atoms with Gasteiger partial charge in [-0.2, -0.15) is 0 Å². The Balaban J connectivity index is 2.32. The van der Waals surface area contributed by atoms with E-state index in [1.54, 1.807) is 19.4 Å². The maximum absolute atomic E-state index is 5.67. The van der Waals surface area contributed by atoms with Crippen LogP contribution in [-0.4, -0.2) is 17.1 Å². The molecule has 0 radical (unpaired) electrons. The minimum absolute atomic E-state index is 0.298. The Labute approximate surface area is 89.9 Å². The summed E-state index contributed by atoms with van der Waals surface area (Å²) in [5.74, 6) is 1.26. The number of anilines is 1. The zero-order valence-corrected chi connectivity index (χ0v) is 9.07. The van der Waals surface area contributed by atoms with Crippen molar-refractivity contribution >= 4 is 5.82 Å². The SMILES string of the molecule is COC1(c2nccc(N)n2)CCCCC1. The third kappa shape index (κ3) is 1.95. The van der Waals surface area contributed by atoms with E-state index in [-0.39, 0.29) is 5.60 Å². The molecule has 15 heavy (non-hydrogen) atoms. The maximum Gasteiger partial charge on any atom is 0.162 e. The molecule has 1 aliphatic carbocycles. The molecule has 1 aromatic rings. The fourth-order valence-electron chi connectivity index (χ4n) is 2.23. The Bertz CT molecular complexity index is 334. The minimum atomic E-state index is -0.298. The van der Waals surface area contributed by atoms with Crippen LogP contribution in [0.5, 0.6) is 0 Å². The summed E-state index contributed by atoms with van der Waals surface area (Å²) in [5.41, 5.74) is 5.37. The van der Waals surface area contributed by atoms with E-state index < -0.39 is 0 Å². The van der Waals surface area contributed by atoms with E-state index in [0.29, 0.717) is 5.82 Å². The third-order valence-corrected chi connectivity index (χ3v) is 3.14. The number of hydrogen-bond donors (Lipinski definition) is 1. The van der Waals surface area contributed by atoms with E-state index in [0.717, 1.165) is 18.7 Å². The first kappa shape index (κ1) is 10.4. The summed E-state index contributed by atoms with van der Waals surface area (Å²) in [6, 6.07) is 1.70. The van der Waals surface area contributed by atoms with Crippen molar-refractivity contribution in [2.45, 2.75) is 37.7 Å². The Kier molecular flexibility index (Phi) is 2.86. The normalized spacial score (nSPS) is 20.1. The van der Waals surface area contributed by atoms with Crippen molar-refractivity contribution in [3.8, 4) is 0 Å². The largest absolute Gasteiger partial charge is 0.384 e. The zero-order valence-electron chi connectivity index (χ0n) is 9.07. The van der Waals surface area contributed by atoms with Gasteiger partial charge in [0.2, 0.25) is 0 Å². The highest BCUT2D eigenvalue weighted by atomic mass is 16.5. The van der Waals surface area contributed by atoms with Gasteiger partial charge in [0.05, 0.1) is 0 Å². The molecule has 2 rings (SSSR count). The summed E-state index contributed by atoms with van der Waals surface area (Å²) >= 11 is 0. The van der Waals surface area contributed by atoms with Crippen LogP contribution in [0.4, 0.5) is 5.82 Å². The number of ether oxygens (including phenoxy) is 1. The zero-order chi connectivity index (χ0) is 10.7. The quantitative estimate of drug-likeness (QED) is 0.804. The van der Waals surface area contributed by atoms with Gasteiger partial charge in [0.25, 0.3) is 0 Å². The van der Waals surface area contributed by atoms with Crippen molar-refractivity contribution < 1.29 is 4.74 Å². The van der Waals surface area contributed by atoms with Crippen LogP contribution in [0.1, 0.15) is 37.9 Å². The first-order chi connectivity index (χ1) is 7.27. The molecule has 0 bridgehead atoms. The number of aromatic nitrogens is 2. The average Bonchev–Trinajstić information content (AvgIpc) is 2.30. The summed E-state index contributed by atoms with van der Waals surface area (Å²) < 4.78 is 5.64. The van der Waals surface area contributed by atoms with Crippen LogP contribution in [0, 0.1) is 0 Å². The van der Waals surface area contributed by atoms with Crippen LogP contribution in [0.2, 0.25) is 0 Å². The van der Waals surface area contributed by atoms with E-state index in [2.05, 4.69) is 9.97 Å². The smallest absolute Gasteiger partial charge is 0.162 e. The van der Waals surface area contributed by atoms with Gasteiger partial charge in [-0.15, -0.1) is 0 Å². The van der Waals surface area contributed by atoms with Crippen molar-refractivity contribution in [2.24, 2.45) is 0 Å². The summed E-state index contributed by atoms with van der Waals surface area (Å²) in [6.45, 7) is 0. The Morgan fingerprint density at radius 3 is 2.67 bits per heavy atom. The van der Waals surface area contributed by atoms with Gasteiger partial charge < -0.3 is 10.5 Å². The topological polar surface area (TPSA) is 61.0 Å². The van der Waals surface area contributed by atoms with E-state index in [1.165, 1.54) is 19.3 Å². The number of hydrogen-bond acceptors (Lipinski definition) is 4. The maximum atomic E-state index is 5.67. The molecule has 1 fully saturated rings. The monoisotopic (exact) mass is 207 g/mol. The standard InChI is InChI=1S/C11H17N3O/c1-15-11(6-3-2-4-7-11)10-13-8-5-9(12)14-10/h5,8H,2-4,6-7H2,1H3,(H2,12,13,14). The molecule has 1 heterocycles. The molecule has 0 unspecified atom stereocenters. The molecule has 1 aliphatic rings. The number of nitrogens with zero attached hydrogens (tertiary/aromatic N) is 2. The van der Waals surface area contributed by atoms with E-state index in [4.69, 9.17) is 10.5 Å². The van der Waals surface area contributed by atoms with Crippen molar-refractivity contribution in [2.75, 3.05) is 12.8 Å². The second-order valence-electron chi connectivity index (χ2n) is 4.06. The number of nitrogen functional groups attached to an aromatic ring is 1. The van der Waals surface area contributed by atoms with Crippen LogP contribution in [0.3, 0.4) is 0 Å². The molecule has 0 amide bonds. The van der Waals surface area contributed by atoms with Gasteiger partial charge in [-0.3, -0.25) is 0 Å². The second kappa shape index (κ2) is 4.14. The third-order valence-electron chi connectivity index (χ3n) is 3.14. The van der Waals surface area contributed by atoms with Crippen LogP contribution in [0.15, 0.2) is 12.3 Å². The number of nitrogens with two attached hydrogens (primary N) is 1. The second-order valence-corrected chi connectivity index (χ2v) is 4.06. The van der Waals surface area contributed by atoms with Gasteiger partial charge >= 0.3 is 0 Å². The van der Waals surface area contributed by atoms with E-state index in [1.807, 2.05) is 0 Å². The minimum Gasteiger partial charge on any atom is -0.384 e. The lowest BCUT2D eigenvalue weighted by molar-refractivity contribution is -0.0513. The van der Waals surface area contributed by atoms with Crippen molar-refractivity contribution in [3.63, 3.8) is 0 Å². The molecule has 1 aromatic heterocycles. The summed E-state index contributed by atoms with van der Waals surface area (Å²) in [4.78, 5) is 8.57. The molecule has 0 aliphatic heterocycles. The van der Waals surface area contributed by atoms with Crippen molar-refractivity contribution in [3.05, 3.63) is 18.1 Å². The first-order valence-corrected chi connectivity index (χ1v) is 5.41. The molecular weight excluding hydrogens is 190 g/mol. The highest BCUT2D eigenvalue weighted by Crippen LogP contribution is 2.38. The number of methoxy groups -OCH3 is 1. The lowest BCUT2D eigenvalue weighted by Crippen LogP contribution is -2.33. The molecular formula is C11H17N3O. The molecule has 0 spiro atoms. The van der Waals surface area contributed by atoms with Gasteiger partial charge in [0.15, 0.2) is 5.82 Å². The van der Waals surface area contributed by atoms with Crippen LogP contribution < -0.4 is 5.73 Å². The lowest BCUT2D eigenvalue weighted by Gasteiger charge is -2.34. The van der Waals surface area contributed by atoms with Crippen molar-refractivity contribution in [1.29, 1.82) is 0 Å². The van der Waals surface area contributed by atoms with Gasteiger partial charge in [-0.25, -0.2) is 9.97 Å². The van der Waals surface area contributed by atoms with Gasteiger partial charge in [-0.05, 0) is 18.9 Å². The van der Waals surface area contributed by atoms with Gasteiger partial charge in [0, 0.05) is 13.3 Å². The van der Waals surface area contributed by atoms with Crippen molar-refractivity contribution in [1.82, 2.24) is 9.97 Å². The Morgan fingerprint density at radius 1 is 1.33 bits per heavy atom. The summed E-state index contributed by atoms with van der Waals surface area (Å²) in [6.07, 6.45) is 7.30. The lowest BCUT2D eigenvalue weighted by atomic mass is 9.84. The highest BCUT2D eigenvalue weighted by molar-refractivity contribution is 5.26. The predicted molar refractivity (Wildman–Crippen MR) is 58.2 cm³/mol. The van der Waals surface area contributed by atoms with E-state index in [9.17, 15) is 0 Å². The van der Waals surface area contributed by atoms with Crippen LogP contribution >= 0.6 is 0 Å². The van der Waals surface area contributed by atoms with Crippen LogP contribution in [0.25, 0.3) is 0 Å².